The molecule has 0 aliphatic carbocycles. The van der Waals surface area contributed by atoms with Gasteiger partial charge in [0, 0.05) is 22.7 Å². The molecule has 0 saturated carbocycles. The average molecular weight is 310 g/mol. The maximum absolute atomic E-state index is 12.1. The van der Waals surface area contributed by atoms with Crippen molar-refractivity contribution in [3.8, 4) is 5.75 Å². The molecule has 0 atom stereocenters. The molecule has 0 bridgehead atoms. The van der Waals surface area contributed by atoms with Crippen LogP contribution >= 0.6 is 11.6 Å². The molecule has 0 amide bonds. The molecular weight excluding hydrogens is 291 g/mol. The fourth-order valence-electron chi connectivity index (χ4n) is 1.48. The second kappa shape index (κ2) is 6.68. The summed E-state index contributed by atoms with van der Waals surface area (Å²) in [5.41, 5.74) is 0.550. The van der Waals surface area contributed by atoms with Gasteiger partial charge in [0.2, 0.25) is 0 Å². The molecule has 1 N–H and O–H groups in total. The smallest absolute Gasteiger partial charge is 0.392 e. The minimum Gasteiger partial charge on any atom is -0.493 e. The van der Waals surface area contributed by atoms with Gasteiger partial charge in [0.15, 0.2) is 0 Å². The third-order valence-corrected chi connectivity index (χ3v) is 2.87. The molecule has 6 heteroatoms. The van der Waals surface area contributed by atoms with Gasteiger partial charge in [-0.2, -0.15) is 13.2 Å². The Morgan fingerprint density at radius 3 is 2.40 bits per heavy atom. The van der Waals surface area contributed by atoms with Gasteiger partial charge in [0.1, 0.15) is 5.75 Å². The van der Waals surface area contributed by atoms with Crippen LogP contribution in [0.1, 0.15) is 32.8 Å². The Kier molecular flexibility index (Phi) is 5.71. The summed E-state index contributed by atoms with van der Waals surface area (Å²) < 4.78 is 41.6. The highest BCUT2D eigenvalue weighted by Crippen LogP contribution is 2.28. The first-order valence-corrected chi connectivity index (χ1v) is 6.68. The summed E-state index contributed by atoms with van der Waals surface area (Å²) in [4.78, 5) is 0. The van der Waals surface area contributed by atoms with Gasteiger partial charge in [0.25, 0.3) is 0 Å². The summed E-state index contributed by atoms with van der Waals surface area (Å²) in [5.74, 6) is 0.387. The third-order valence-electron chi connectivity index (χ3n) is 2.51. The number of nitrogens with one attached hydrogen (secondary N) is 1. The van der Waals surface area contributed by atoms with E-state index in [1.54, 1.807) is 18.2 Å². The zero-order chi connectivity index (χ0) is 15.4. The first-order valence-electron chi connectivity index (χ1n) is 6.30. The topological polar surface area (TPSA) is 21.3 Å². The molecule has 20 heavy (non-hydrogen) atoms. The highest BCUT2D eigenvalue weighted by molar-refractivity contribution is 6.31. The zero-order valence-electron chi connectivity index (χ0n) is 11.8. The molecule has 0 fully saturated rings. The van der Waals surface area contributed by atoms with Crippen molar-refractivity contribution in [1.82, 2.24) is 5.32 Å². The molecule has 2 nitrogen and oxygen atoms in total. The summed E-state index contributed by atoms with van der Waals surface area (Å²) in [6, 6.07) is 4.98. The van der Waals surface area contributed by atoms with Crippen molar-refractivity contribution in [3.05, 3.63) is 28.8 Å². The molecular formula is C14H19ClF3NO. The number of alkyl halides is 3. The Balaban J connectivity index is 2.73. The molecule has 0 heterocycles. The maximum atomic E-state index is 12.1. The molecule has 1 aromatic rings. The lowest BCUT2D eigenvalue weighted by atomic mass is 10.1. The van der Waals surface area contributed by atoms with E-state index in [9.17, 15) is 13.2 Å². The summed E-state index contributed by atoms with van der Waals surface area (Å²) >= 11 is 6.08. The molecule has 0 aliphatic rings. The standard InChI is InChI=1S/C14H19ClF3NO/c1-13(2,3)19-9-10-11(15)5-4-6-12(10)20-8-7-14(16,17)18/h4-6,19H,7-9H2,1-3H3. The lowest BCUT2D eigenvalue weighted by Gasteiger charge is -2.22. The van der Waals surface area contributed by atoms with Crippen molar-refractivity contribution in [2.75, 3.05) is 6.61 Å². The van der Waals surface area contributed by atoms with Gasteiger partial charge in [-0.15, -0.1) is 0 Å². The van der Waals surface area contributed by atoms with E-state index in [4.69, 9.17) is 16.3 Å². The van der Waals surface area contributed by atoms with Crippen LogP contribution in [-0.2, 0) is 6.54 Å². The number of hydrogen-bond donors (Lipinski definition) is 1. The van der Waals surface area contributed by atoms with Crippen molar-refractivity contribution < 1.29 is 17.9 Å². The van der Waals surface area contributed by atoms with E-state index in [-0.39, 0.29) is 5.54 Å². The van der Waals surface area contributed by atoms with Crippen LogP contribution in [0.25, 0.3) is 0 Å². The first kappa shape index (κ1) is 17.1. The van der Waals surface area contributed by atoms with Crippen LogP contribution in [0.2, 0.25) is 5.02 Å². The van der Waals surface area contributed by atoms with E-state index in [1.165, 1.54) is 0 Å². The number of rotatable bonds is 5. The lowest BCUT2D eigenvalue weighted by Crippen LogP contribution is -2.35. The van der Waals surface area contributed by atoms with Gasteiger partial charge in [-0.05, 0) is 32.9 Å². The number of ether oxygens (including phenoxy) is 1. The van der Waals surface area contributed by atoms with Crippen molar-refractivity contribution >= 4 is 11.6 Å². The summed E-state index contributed by atoms with van der Waals surface area (Å²) in [6.45, 7) is 6.01. The highest BCUT2D eigenvalue weighted by Gasteiger charge is 2.27. The van der Waals surface area contributed by atoms with Gasteiger partial charge >= 0.3 is 6.18 Å². The van der Waals surface area contributed by atoms with Gasteiger partial charge < -0.3 is 10.1 Å². The second-order valence-electron chi connectivity index (χ2n) is 5.53. The van der Waals surface area contributed by atoms with Crippen LogP contribution in [0.15, 0.2) is 18.2 Å². The van der Waals surface area contributed by atoms with E-state index in [0.717, 1.165) is 0 Å². The van der Waals surface area contributed by atoms with Crippen molar-refractivity contribution in [3.63, 3.8) is 0 Å². The van der Waals surface area contributed by atoms with Crippen molar-refractivity contribution in [1.29, 1.82) is 0 Å². The fraction of sp³-hybridized carbons (Fsp3) is 0.571. The predicted molar refractivity (Wildman–Crippen MR) is 74.2 cm³/mol. The van der Waals surface area contributed by atoms with Gasteiger partial charge in [-0.1, -0.05) is 17.7 Å². The summed E-state index contributed by atoms with van der Waals surface area (Å²) in [5, 5.41) is 3.72. The summed E-state index contributed by atoms with van der Waals surface area (Å²) in [6.07, 6.45) is -5.20. The molecule has 0 radical (unpaired) electrons. The molecule has 0 aliphatic heterocycles. The number of halogens is 4. The first-order chi connectivity index (χ1) is 9.08. The Labute approximate surface area is 122 Å². The van der Waals surface area contributed by atoms with Crippen LogP contribution in [0.5, 0.6) is 5.75 Å². The second-order valence-corrected chi connectivity index (χ2v) is 5.94. The molecule has 0 unspecified atom stereocenters. The lowest BCUT2D eigenvalue weighted by molar-refractivity contribution is -0.139. The molecule has 114 valence electrons. The predicted octanol–water partition coefficient (Wildman–Crippen LogP) is 4.56. The van der Waals surface area contributed by atoms with Crippen molar-refractivity contribution in [2.24, 2.45) is 0 Å². The Bertz CT molecular complexity index is 441. The van der Waals surface area contributed by atoms with Crippen LogP contribution in [0, 0.1) is 0 Å². The van der Waals surface area contributed by atoms with E-state index in [2.05, 4.69) is 5.32 Å². The van der Waals surface area contributed by atoms with Crippen LogP contribution in [-0.4, -0.2) is 18.3 Å². The van der Waals surface area contributed by atoms with E-state index >= 15 is 0 Å². The Hall–Kier alpha value is -0.940. The van der Waals surface area contributed by atoms with Crippen LogP contribution < -0.4 is 10.1 Å². The minimum atomic E-state index is -4.22. The molecule has 1 rings (SSSR count). The zero-order valence-corrected chi connectivity index (χ0v) is 12.5. The maximum Gasteiger partial charge on any atom is 0.392 e. The number of benzene rings is 1. The largest absolute Gasteiger partial charge is 0.493 e. The Morgan fingerprint density at radius 1 is 1.20 bits per heavy atom. The highest BCUT2D eigenvalue weighted by atomic mass is 35.5. The average Bonchev–Trinajstić information content (AvgIpc) is 2.25. The quantitative estimate of drug-likeness (QED) is 0.861. The van der Waals surface area contributed by atoms with Gasteiger partial charge in [-0.3, -0.25) is 0 Å². The van der Waals surface area contributed by atoms with E-state index in [0.29, 0.717) is 22.9 Å². The summed E-state index contributed by atoms with van der Waals surface area (Å²) in [7, 11) is 0. The monoisotopic (exact) mass is 309 g/mol. The SMILES string of the molecule is CC(C)(C)NCc1c(Cl)cccc1OCCC(F)(F)F. The molecule has 0 spiro atoms. The van der Waals surface area contributed by atoms with Gasteiger partial charge in [-0.25, -0.2) is 0 Å². The number of hydrogen-bond acceptors (Lipinski definition) is 2. The van der Waals surface area contributed by atoms with Crippen LogP contribution in [0.3, 0.4) is 0 Å². The normalized spacial score (nSPS) is 12.6. The minimum absolute atomic E-state index is 0.123. The molecule has 0 saturated heterocycles. The molecule has 1 aromatic carbocycles. The fourth-order valence-corrected chi connectivity index (χ4v) is 1.71. The third kappa shape index (κ3) is 6.48. The van der Waals surface area contributed by atoms with Gasteiger partial charge in [0.05, 0.1) is 13.0 Å². The van der Waals surface area contributed by atoms with Crippen LogP contribution in [0.4, 0.5) is 13.2 Å². The van der Waals surface area contributed by atoms with E-state index in [1.807, 2.05) is 20.8 Å². The molecule has 0 aromatic heterocycles. The van der Waals surface area contributed by atoms with E-state index < -0.39 is 19.2 Å². The van der Waals surface area contributed by atoms with Crippen molar-refractivity contribution in [2.45, 2.75) is 45.5 Å². The Morgan fingerprint density at radius 2 is 1.85 bits per heavy atom.